The van der Waals surface area contributed by atoms with Gasteiger partial charge in [0.25, 0.3) is 0 Å². The molecule has 0 amide bonds. The lowest BCUT2D eigenvalue weighted by molar-refractivity contribution is 0.321. The van der Waals surface area contributed by atoms with Gasteiger partial charge in [0, 0.05) is 32.9 Å². The number of nitrogens with two attached hydrogens (primary N) is 1. The minimum atomic E-state index is 0.725. The molecular weight excluding hydrogens is 162 g/mol. The van der Waals surface area contributed by atoms with Gasteiger partial charge in [-0.1, -0.05) is 12.5 Å². The number of hydrogen-bond donors (Lipinski definition) is 1. The van der Waals surface area contributed by atoms with Gasteiger partial charge in [-0.25, -0.2) is 0 Å². The first kappa shape index (κ1) is 12.3. The van der Waals surface area contributed by atoms with Gasteiger partial charge in [0.1, 0.15) is 0 Å². The predicted molar refractivity (Wildman–Crippen MR) is 59.3 cm³/mol. The Labute approximate surface area is 81.3 Å². The number of hydrogen-bond acceptors (Lipinski definition) is 3. The van der Waals surface area contributed by atoms with Gasteiger partial charge in [0.15, 0.2) is 0 Å². The Morgan fingerprint density at radius 3 is 2.69 bits per heavy atom. The van der Waals surface area contributed by atoms with Crippen LogP contribution in [0.1, 0.15) is 13.8 Å². The van der Waals surface area contributed by atoms with Crippen LogP contribution in [0.2, 0.25) is 0 Å². The lowest BCUT2D eigenvalue weighted by Gasteiger charge is -2.19. The first-order valence-electron chi connectivity index (χ1n) is 4.75. The normalized spacial score (nSPS) is 13.2. The minimum absolute atomic E-state index is 0.725. The van der Waals surface area contributed by atoms with Crippen LogP contribution in [-0.2, 0) is 0 Å². The standard InChI is InChI=1S/C10H21N3/c1-4-13(8-6-11)9-10(2)5-7-12-3/h5,7H,4,6,8-9,11H2,1-3H3/b10-5+,12-7?. The Morgan fingerprint density at radius 1 is 1.54 bits per heavy atom. The van der Waals surface area contributed by atoms with Crippen molar-refractivity contribution in [3.63, 3.8) is 0 Å². The molecule has 0 aliphatic carbocycles. The molecule has 0 saturated heterocycles. The number of likely N-dealkylation sites (N-methyl/N-ethyl adjacent to an activating group) is 1. The van der Waals surface area contributed by atoms with Crippen molar-refractivity contribution in [1.29, 1.82) is 0 Å². The Balaban J connectivity index is 3.91. The molecule has 0 aliphatic heterocycles. The summed E-state index contributed by atoms with van der Waals surface area (Å²) in [7, 11) is 1.78. The summed E-state index contributed by atoms with van der Waals surface area (Å²) in [4.78, 5) is 6.22. The fourth-order valence-electron chi connectivity index (χ4n) is 1.14. The van der Waals surface area contributed by atoms with E-state index in [1.807, 2.05) is 12.3 Å². The van der Waals surface area contributed by atoms with Gasteiger partial charge in [0.05, 0.1) is 0 Å². The molecule has 3 nitrogen and oxygen atoms in total. The molecule has 0 spiro atoms. The second-order valence-corrected chi connectivity index (χ2v) is 3.08. The monoisotopic (exact) mass is 183 g/mol. The third-order valence-corrected chi connectivity index (χ3v) is 1.87. The van der Waals surface area contributed by atoms with Crippen LogP contribution in [0.15, 0.2) is 16.6 Å². The lowest BCUT2D eigenvalue weighted by atomic mass is 10.2. The quantitative estimate of drug-likeness (QED) is 0.622. The summed E-state index contributed by atoms with van der Waals surface area (Å²) in [5, 5.41) is 0. The lowest BCUT2D eigenvalue weighted by Crippen LogP contribution is -2.30. The van der Waals surface area contributed by atoms with E-state index in [1.54, 1.807) is 7.05 Å². The summed E-state index contributed by atoms with van der Waals surface area (Å²) < 4.78 is 0. The zero-order valence-electron chi connectivity index (χ0n) is 8.95. The van der Waals surface area contributed by atoms with E-state index in [0.29, 0.717) is 0 Å². The Hall–Kier alpha value is -0.670. The first-order chi connectivity index (χ1) is 6.24. The van der Waals surface area contributed by atoms with Crippen molar-refractivity contribution in [3.05, 3.63) is 11.6 Å². The van der Waals surface area contributed by atoms with E-state index in [0.717, 1.165) is 26.2 Å². The van der Waals surface area contributed by atoms with E-state index in [9.17, 15) is 0 Å². The van der Waals surface area contributed by atoms with Crippen LogP contribution in [0.5, 0.6) is 0 Å². The molecule has 0 rings (SSSR count). The molecule has 0 aliphatic rings. The molecule has 0 radical (unpaired) electrons. The minimum Gasteiger partial charge on any atom is -0.329 e. The van der Waals surface area contributed by atoms with Gasteiger partial charge in [0.2, 0.25) is 0 Å². The third-order valence-electron chi connectivity index (χ3n) is 1.87. The van der Waals surface area contributed by atoms with Crippen LogP contribution in [0, 0.1) is 0 Å². The highest BCUT2D eigenvalue weighted by Crippen LogP contribution is 1.96. The van der Waals surface area contributed by atoms with Crippen molar-refractivity contribution >= 4 is 6.21 Å². The highest BCUT2D eigenvalue weighted by molar-refractivity contribution is 5.71. The molecule has 2 N–H and O–H groups in total. The van der Waals surface area contributed by atoms with Crippen molar-refractivity contribution in [2.75, 3.05) is 33.2 Å². The van der Waals surface area contributed by atoms with Crippen LogP contribution < -0.4 is 5.73 Å². The van der Waals surface area contributed by atoms with Crippen LogP contribution in [0.25, 0.3) is 0 Å². The van der Waals surface area contributed by atoms with E-state index in [2.05, 4.69) is 23.7 Å². The molecule has 0 bridgehead atoms. The summed E-state index contributed by atoms with van der Waals surface area (Å²) in [6, 6.07) is 0. The van der Waals surface area contributed by atoms with Gasteiger partial charge >= 0.3 is 0 Å². The van der Waals surface area contributed by atoms with Crippen LogP contribution >= 0.6 is 0 Å². The van der Waals surface area contributed by atoms with Gasteiger partial charge in [-0.2, -0.15) is 0 Å². The molecule has 13 heavy (non-hydrogen) atoms. The van der Waals surface area contributed by atoms with Gasteiger partial charge < -0.3 is 5.73 Å². The smallest absolute Gasteiger partial charge is 0.0277 e. The Kier molecular flexibility index (Phi) is 7.54. The maximum absolute atomic E-state index is 5.49. The van der Waals surface area contributed by atoms with E-state index < -0.39 is 0 Å². The molecular formula is C10H21N3. The highest BCUT2D eigenvalue weighted by Gasteiger charge is 2.00. The molecule has 3 heteroatoms. The van der Waals surface area contributed by atoms with Gasteiger partial charge in [-0.15, -0.1) is 0 Å². The summed E-state index contributed by atoms with van der Waals surface area (Å²) in [5.41, 5.74) is 6.81. The van der Waals surface area contributed by atoms with Gasteiger partial charge in [-0.3, -0.25) is 9.89 Å². The maximum Gasteiger partial charge on any atom is 0.0277 e. The van der Waals surface area contributed by atoms with Crippen LogP contribution in [0.4, 0.5) is 0 Å². The molecule has 0 heterocycles. The summed E-state index contributed by atoms with van der Waals surface area (Å²) in [6.07, 6.45) is 3.87. The van der Waals surface area contributed by atoms with Crippen molar-refractivity contribution in [2.24, 2.45) is 10.7 Å². The number of allylic oxidation sites excluding steroid dienone is 1. The van der Waals surface area contributed by atoms with Crippen molar-refractivity contribution < 1.29 is 0 Å². The highest BCUT2D eigenvalue weighted by atomic mass is 15.1. The predicted octanol–water partition coefficient (Wildman–Crippen LogP) is 0.914. The fourth-order valence-corrected chi connectivity index (χ4v) is 1.14. The topological polar surface area (TPSA) is 41.6 Å². The van der Waals surface area contributed by atoms with Crippen LogP contribution in [-0.4, -0.2) is 44.3 Å². The van der Waals surface area contributed by atoms with Gasteiger partial charge in [-0.05, 0) is 19.5 Å². The second kappa shape index (κ2) is 7.95. The third kappa shape index (κ3) is 6.49. The van der Waals surface area contributed by atoms with E-state index in [4.69, 9.17) is 5.73 Å². The van der Waals surface area contributed by atoms with E-state index in [-0.39, 0.29) is 0 Å². The fraction of sp³-hybridized carbons (Fsp3) is 0.700. The second-order valence-electron chi connectivity index (χ2n) is 3.08. The molecule has 0 unspecified atom stereocenters. The number of rotatable bonds is 6. The van der Waals surface area contributed by atoms with Crippen LogP contribution in [0.3, 0.4) is 0 Å². The Morgan fingerprint density at radius 2 is 2.23 bits per heavy atom. The molecule has 0 atom stereocenters. The van der Waals surface area contributed by atoms with Crippen molar-refractivity contribution in [3.8, 4) is 0 Å². The first-order valence-corrected chi connectivity index (χ1v) is 4.75. The molecule has 0 aromatic rings. The number of aliphatic imine (C=N–C) groups is 1. The molecule has 0 fully saturated rings. The average Bonchev–Trinajstić information content (AvgIpc) is 2.14. The van der Waals surface area contributed by atoms with E-state index in [1.165, 1.54) is 5.57 Å². The SMILES string of the molecule is CCN(CCN)C/C(C)=C/C=NC. The largest absolute Gasteiger partial charge is 0.329 e. The Bertz CT molecular complexity index is 173. The summed E-state index contributed by atoms with van der Waals surface area (Å²) >= 11 is 0. The van der Waals surface area contributed by atoms with E-state index >= 15 is 0 Å². The average molecular weight is 183 g/mol. The zero-order valence-corrected chi connectivity index (χ0v) is 8.95. The summed E-state index contributed by atoms with van der Waals surface area (Å²) in [5.74, 6) is 0. The zero-order chi connectivity index (χ0) is 10.1. The molecule has 0 saturated carbocycles. The van der Waals surface area contributed by atoms with Crippen molar-refractivity contribution in [2.45, 2.75) is 13.8 Å². The summed E-state index contributed by atoms with van der Waals surface area (Å²) in [6.45, 7) is 7.98. The van der Waals surface area contributed by atoms with Crippen molar-refractivity contribution in [1.82, 2.24) is 4.90 Å². The molecule has 76 valence electrons. The maximum atomic E-state index is 5.49. The molecule has 0 aromatic carbocycles. The molecule has 0 aromatic heterocycles. The number of nitrogens with zero attached hydrogens (tertiary/aromatic N) is 2.